The zero-order valence-electron chi connectivity index (χ0n) is 14.5. The molecule has 0 saturated carbocycles. The van der Waals surface area contributed by atoms with E-state index < -0.39 is 0 Å². The van der Waals surface area contributed by atoms with Crippen molar-refractivity contribution in [2.75, 3.05) is 32.9 Å². The lowest BCUT2D eigenvalue weighted by molar-refractivity contribution is 0.0651. The second kappa shape index (κ2) is 7.84. The fourth-order valence-electron chi connectivity index (χ4n) is 3.32. The molecule has 0 aliphatic carbocycles. The molecule has 7 nitrogen and oxygen atoms in total. The van der Waals surface area contributed by atoms with Gasteiger partial charge in [-0.3, -0.25) is 9.36 Å². The van der Waals surface area contributed by atoms with Gasteiger partial charge in [-0.25, -0.2) is 4.79 Å². The predicted molar refractivity (Wildman–Crippen MR) is 94.8 cm³/mol. The molecule has 1 amide bonds. The number of hydrogen-bond acceptors (Lipinski definition) is 4. The number of hydrogen-bond donors (Lipinski definition) is 2. The first-order chi connectivity index (χ1) is 12.1. The maximum atomic E-state index is 12.7. The molecule has 7 heteroatoms. The van der Waals surface area contributed by atoms with Crippen LogP contribution in [0.4, 0.5) is 0 Å². The van der Waals surface area contributed by atoms with Gasteiger partial charge in [-0.15, -0.1) is 0 Å². The average Bonchev–Trinajstić information content (AvgIpc) is 2.96. The molecule has 1 aliphatic rings. The van der Waals surface area contributed by atoms with Crippen molar-refractivity contribution in [3.63, 3.8) is 0 Å². The van der Waals surface area contributed by atoms with E-state index in [1.54, 1.807) is 16.7 Å². The van der Waals surface area contributed by atoms with Gasteiger partial charge in [0.25, 0.3) is 5.91 Å². The Kier molecular flexibility index (Phi) is 5.55. The van der Waals surface area contributed by atoms with Crippen molar-refractivity contribution in [1.82, 2.24) is 14.5 Å². The van der Waals surface area contributed by atoms with E-state index in [1.807, 2.05) is 17.9 Å². The van der Waals surface area contributed by atoms with Gasteiger partial charge in [-0.2, -0.15) is 0 Å². The predicted octanol–water partition coefficient (Wildman–Crippen LogP) is 1.21. The second-order valence-corrected chi connectivity index (χ2v) is 6.43. The zero-order chi connectivity index (χ0) is 17.8. The second-order valence-electron chi connectivity index (χ2n) is 6.43. The lowest BCUT2D eigenvalue weighted by Gasteiger charge is -2.31. The van der Waals surface area contributed by atoms with E-state index in [-0.39, 0.29) is 18.2 Å². The van der Waals surface area contributed by atoms with Crippen molar-refractivity contribution < 1.29 is 14.6 Å². The summed E-state index contributed by atoms with van der Waals surface area (Å²) < 4.78 is 6.95. The van der Waals surface area contributed by atoms with Gasteiger partial charge >= 0.3 is 5.69 Å². The largest absolute Gasteiger partial charge is 0.396 e. The highest BCUT2D eigenvalue weighted by Gasteiger charge is 2.23. The van der Waals surface area contributed by atoms with Crippen LogP contribution in [0.1, 0.15) is 30.1 Å². The average molecular weight is 347 g/mol. The number of imidazole rings is 1. The van der Waals surface area contributed by atoms with Crippen LogP contribution >= 0.6 is 0 Å². The molecule has 2 heterocycles. The minimum Gasteiger partial charge on any atom is -0.396 e. The highest BCUT2D eigenvalue weighted by Crippen LogP contribution is 2.20. The van der Waals surface area contributed by atoms with Crippen molar-refractivity contribution in [2.24, 2.45) is 5.92 Å². The number of nitrogens with zero attached hydrogens (tertiary/aromatic N) is 2. The van der Waals surface area contributed by atoms with Gasteiger partial charge in [0, 0.05) is 31.9 Å². The molecule has 2 aromatic rings. The van der Waals surface area contributed by atoms with E-state index in [2.05, 4.69) is 4.98 Å². The molecule has 25 heavy (non-hydrogen) atoms. The Bertz CT molecular complexity index is 787. The van der Waals surface area contributed by atoms with E-state index in [1.165, 1.54) is 0 Å². The maximum Gasteiger partial charge on any atom is 0.326 e. The van der Waals surface area contributed by atoms with Crippen LogP contribution in [0.15, 0.2) is 23.0 Å². The number of H-pyrrole nitrogens is 1. The van der Waals surface area contributed by atoms with Crippen molar-refractivity contribution in [1.29, 1.82) is 0 Å². The van der Waals surface area contributed by atoms with Gasteiger partial charge in [0.15, 0.2) is 0 Å². The lowest BCUT2D eigenvalue weighted by Crippen LogP contribution is -2.39. The number of piperidine rings is 1. The fraction of sp³-hybridized carbons (Fsp3) is 0.556. The van der Waals surface area contributed by atoms with Gasteiger partial charge < -0.3 is 19.7 Å². The van der Waals surface area contributed by atoms with Crippen LogP contribution in [0.3, 0.4) is 0 Å². The van der Waals surface area contributed by atoms with Gasteiger partial charge in [0.05, 0.1) is 24.2 Å². The first-order valence-electron chi connectivity index (χ1n) is 8.84. The summed E-state index contributed by atoms with van der Waals surface area (Å²) >= 11 is 0. The molecule has 1 fully saturated rings. The number of aliphatic hydroxyl groups is 1. The molecule has 0 bridgehead atoms. The van der Waals surface area contributed by atoms with E-state index in [0.717, 1.165) is 18.4 Å². The molecule has 0 unspecified atom stereocenters. The number of ether oxygens (including phenoxy) is 1. The summed E-state index contributed by atoms with van der Waals surface area (Å²) in [5.74, 6) is 0.267. The minimum absolute atomic E-state index is 0.0267. The van der Waals surface area contributed by atoms with Gasteiger partial charge in [0.1, 0.15) is 0 Å². The van der Waals surface area contributed by atoms with Crippen LogP contribution in [0.5, 0.6) is 0 Å². The molecule has 3 rings (SSSR count). The Morgan fingerprint density at radius 3 is 2.80 bits per heavy atom. The Hall–Kier alpha value is -2.12. The van der Waals surface area contributed by atoms with Crippen molar-refractivity contribution in [3.05, 3.63) is 34.2 Å². The standard InChI is InChI=1S/C18H25N3O4/c1-2-25-10-9-21-16-4-3-14(11-15(16)19-18(21)24)17(23)20-7-5-13(12-22)6-8-20/h3-4,11,13,22H,2,5-10,12H2,1H3,(H,19,24). The summed E-state index contributed by atoms with van der Waals surface area (Å²) in [5, 5.41) is 9.21. The molecule has 1 aromatic carbocycles. The van der Waals surface area contributed by atoms with Gasteiger partial charge in [0.2, 0.25) is 0 Å². The molecule has 1 aromatic heterocycles. The van der Waals surface area contributed by atoms with E-state index >= 15 is 0 Å². The topological polar surface area (TPSA) is 87.6 Å². The molecule has 0 radical (unpaired) electrons. The smallest absolute Gasteiger partial charge is 0.326 e. The fourth-order valence-corrected chi connectivity index (χ4v) is 3.32. The molecule has 1 saturated heterocycles. The number of aromatic amines is 1. The monoisotopic (exact) mass is 347 g/mol. The number of carbonyl (C=O) groups is 1. The third kappa shape index (κ3) is 3.77. The number of nitrogens with one attached hydrogen (secondary N) is 1. The normalized spacial score (nSPS) is 15.8. The highest BCUT2D eigenvalue weighted by molar-refractivity contribution is 5.97. The van der Waals surface area contributed by atoms with Gasteiger partial charge in [-0.05, 0) is 43.9 Å². The number of rotatable bonds is 6. The molecule has 0 atom stereocenters. The van der Waals surface area contributed by atoms with Crippen LogP contribution in [-0.4, -0.2) is 58.4 Å². The number of benzene rings is 1. The zero-order valence-corrected chi connectivity index (χ0v) is 14.5. The number of aliphatic hydroxyl groups excluding tert-OH is 1. The number of fused-ring (bicyclic) bond motifs is 1. The quantitative estimate of drug-likeness (QED) is 0.769. The third-order valence-corrected chi connectivity index (χ3v) is 4.84. The van der Waals surface area contributed by atoms with Crippen LogP contribution in [0.2, 0.25) is 0 Å². The first kappa shape index (κ1) is 17.7. The highest BCUT2D eigenvalue weighted by atomic mass is 16.5. The van der Waals surface area contributed by atoms with Gasteiger partial charge in [-0.1, -0.05) is 0 Å². The summed E-state index contributed by atoms with van der Waals surface area (Å²) in [7, 11) is 0. The van der Waals surface area contributed by atoms with E-state index in [0.29, 0.717) is 49.8 Å². The van der Waals surface area contributed by atoms with Crippen LogP contribution in [-0.2, 0) is 11.3 Å². The Morgan fingerprint density at radius 2 is 2.12 bits per heavy atom. The Morgan fingerprint density at radius 1 is 1.36 bits per heavy atom. The number of likely N-dealkylation sites (tertiary alicyclic amines) is 1. The first-order valence-corrected chi connectivity index (χ1v) is 8.84. The van der Waals surface area contributed by atoms with Crippen molar-refractivity contribution >= 4 is 16.9 Å². The molecular weight excluding hydrogens is 322 g/mol. The number of aromatic nitrogens is 2. The summed E-state index contributed by atoms with van der Waals surface area (Å²) in [6.07, 6.45) is 1.66. The molecular formula is C18H25N3O4. The SMILES string of the molecule is CCOCCn1c(=O)[nH]c2cc(C(=O)N3CCC(CO)CC3)ccc21. The maximum absolute atomic E-state index is 12.7. The third-order valence-electron chi connectivity index (χ3n) is 4.84. The van der Waals surface area contributed by atoms with Crippen LogP contribution < -0.4 is 5.69 Å². The van der Waals surface area contributed by atoms with E-state index in [9.17, 15) is 14.7 Å². The molecule has 2 N–H and O–H groups in total. The summed E-state index contributed by atoms with van der Waals surface area (Å²) in [6.45, 7) is 4.99. The summed E-state index contributed by atoms with van der Waals surface area (Å²) in [5.41, 5.74) is 1.83. The molecule has 1 aliphatic heterocycles. The van der Waals surface area contributed by atoms with Crippen molar-refractivity contribution in [3.8, 4) is 0 Å². The van der Waals surface area contributed by atoms with Crippen LogP contribution in [0, 0.1) is 5.92 Å². The summed E-state index contributed by atoms with van der Waals surface area (Å²) in [4.78, 5) is 29.4. The van der Waals surface area contributed by atoms with Crippen LogP contribution in [0.25, 0.3) is 11.0 Å². The molecule has 0 spiro atoms. The number of amides is 1. The Balaban J connectivity index is 1.77. The van der Waals surface area contributed by atoms with Crippen molar-refractivity contribution in [2.45, 2.75) is 26.3 Å². The molecule has 136 valence electrons. The summed E-state index contributed by atoms with van der Waals surface area (Å²) in [6, 6.07) is 5.33. The van der Waals surface area contributed by atoms with E-state index in [4.69, 9.17) is 4.74 Å². The minimum atomic E-state index is -0.192. The number of carbonyl (C=O) groups excluding carboxylic acids is 1. The lowest BCUT2D eigenvalue weighted by atomic mass is 9.97. The Labute approximate surface area is 146 Å².